The summed E-state index contributed by atoms with van der Waals surface area (Å²) in [6.45, 7) is 0. The summed E-state index contributed by atoms with van der Waals surface area (Å²) >= 11 is 1.60. The van der Waals surface area contributed by atoms with Crippen molar-refractivity contribution in [2.45, 2.75) is 25.2 Å². The van der Waals surface area contributed by atoms with Crippen molar-refractivity contribution in [1.82, 2.24) is 4.98 Å². The smallest absolute Gasteiger partial charge is 0.151 e. The predicted molar refractivity (Wildman–Crippen MR) is 63.3 cm³/mol. The molecule has 15 heavy (non-hydrogen) atoms. The lowest BCUT2D eigenvalue weighted by molar-refractivity contribution is -0.118. The first-order valence-electron chi connectivity index (χ1n) is 5.28. The Kier molecular flexibility index (Phi) is 3.41. The Morgan fingerprint density at radius 2 is 2.53 bits per heavy atom. The molecule has 1 aromatic heterocycles. The van der Waals surface area contributed by atoms with E-state index in [4.69, 9.17) is 0 Å². The monoisotopic (exact) mass is 221 g/mol. The van der Waals surface area contributed by atoms with Crippen LogP contribution in [0.4, 0.5) is 0 Å². The highest BCUT2D eigenvalue weighted by Gasteiger charge is 2.26. The molecule has 0 N–H and O–H groups in total. The minimum absolute atomic E-state index is 0.0578. The van der Waals surface area contributed by atoms with Crippen molar-refractivity contribution in [1.29, 1.82) is 0 Å². The van der Waals surface area contributed by atoms with Gasteiger partial charge >= 0.3 is 0 Å². The number of hydrogen-bond donors (Lipinski definition) is 0. The summed E-state index contributed by atoms with van der Waals surface area (Å²) in [6.07, 6.45) is 6.93. The highest BCUT2D eigenvalue weighted by molar-refractivity contribution is 7.99. The summed E-state index contributed by atoms with van der Waals surface area (Å²) in [5, 5.41) is 0. The third kappa shape index (κ3) is 2.23. The summed E-state index contributed by atoms with van der Waals surface area (Å²) in [4.78, 5) is 16.3. The number of nitrogens with zero attached hydrogens (tertiary/aromatic N) is 1. The van der Waals surface area contributed by atoms with Crippen LogP contribution in [0.1, 0.15) is 30.0 Å². The van der Waals surface area contributed by atoms with Crippen LogP contribution < -0.4 is 0 Å². The summed E-state index contributed by atoms with van der Waals surface area (Å²) < 4.78 is 0. The Bertz CT molecular complexity index is 364. The van der Waals surface area contributed by atoms with E-state index in [1.165, 1.54) is 5.56 Å². The Hall–Kier alpha value is -0.830. The van der Waals surface area contributed by atoms with E-state index in [9.17, 15) is 4.79 Å². The van der Waals surface area contributed by atoms with Crippen LogP contribution >= 0.6 is 11.8 Å². The normalized spacial score (nSPS) is 19.7. The number of ketones is 1. The van der Waals surface area contributed by atoms with E-state index in [1.54, 1.807) is 18.0 Å². The van der Waals surface area contributed by atoms with E-state index in [0.29, 0.717) is 11.5 Å². The number of fused-ring (bicyclic) bond motifs is 1. The number of Topliss-reactive ketones (excluding diaryl/α,β-unsaturated/α-hetero) is 1. The Labute approximate surface area is 94.5 Å². The second-order valence-electron chi connectivity index (χ2n) is 3.89. The van der Waals surface area contributed by atoms with Gasteiger partial charge in [0.2, 0.25) is 0 Å². The molecule has 0 amide bonds. The summed E-state index contributed by atoms with van der Waals surface area (Å²) in [5.41, 5.74) is 2.30. The molecule has 1 aliphatic rings. The average Bonchev–Trinajstić information content (AvgIpc) is 2.28. The van der Waals surface area contributed by atoms with E-state index in [1.807, 2.05) is 12.3 Å². The largest absolute Gasteiger partial charge is 0.298 e. The van der Waals surface area contributed by atoms with Crippen molar-refractivity contribution in [3.63, 3.8) is 0 Å². The van der Waals surface area contributed by atoms with Gasteiger partial charge < -0.3 is 0 Å². The molecule has 0 radical (unpaired) electrons. The molecular weight excluding hydrogens is 206 g/mol. The average molecular weight is 221 g/mol. The van der Waals surface area contributed by atoms with Crippen molar-refractivity contribution in [3.05, 3.63) is 29.6 Å². The van der Waals surface area contributed by atoms with E-state index in [2.05, 4.69) is 11.1 Å². The zero-order chi connectivity index (χ0) is 10.7. The van der Waals surface area contributed by atoms with Crippen molar-refractivity contribution in [2.24, 2.45) is 0 Å². The number of carbonyl (C=O) groups is 1. The number of carbonyl (C=O) groups excluding carboxylic acids is 1. The van der Waals surface area contributed by atoms with Gasteiger partial charge in [0.1, 0.15) is 0 Å². The Balaban J connectivity index is 2.25. The van der Waals surface area contributed by atoms with Crippen LogP contribution in [0.2, 0.25) is 0 Å². The van der Waals surface area contributed by atoms with Gasteiger partial charge in [-0.2, -0.15) is 11.8 Å². The molecule has 0 saturated carbocycles. The maximum atomic E-state index is 11.9. The van der Waals surface area contributed by atoms with Crippen LogP contribution in [-0.4, -0.2) is 22.8 Å². The zero-order valence-electron chi connectivity index (χ0n) is 8.90. The van der Waals surface area contributed by atoms with E-state index < -0.39 is 0 Å². The summed E-state index contributed by atoms with van der Waals surface area (Å²) in [5.74, 6) is 1.00. The van der Waals surface area contributed by atoms with Gasteiger partial charge in [-0.25, -0.2) is 0 Å². The number of hydrogen-bond acceptors (Lipinski definition) is 3. The van der Waals surface area contributed by atoms with Gasteiger partial charge in [-0.05, 0) is 37.1 Å². The third-order valence-corrected chi connectivity index (χ3v) is 3.44. The van der Waals surface area contributed by atoms with Gasteiger partial charge in [0, 0.05) is 6.20 Å². The topological polar surface area (TPSA) is 30.0 Å². The van der Waals surface area contributed by atoms with Gasteiger partial charge in [-0.3, -0.25) is 9.78 Å². The van der Waals surface area contributed by atoms with Crippen molar-refractivity contribution >= 4 is 17.5 Å². The van der Waals surface area contributed by atoms with Crippen LogP contribution in [0.5, 0.6) is 0 Å². The second kappa shape index (κ2) is 4.79. The fourth-order valence-corrected chi connectivity index (χ4v) is 2.65. The van der Waals surface area contributed by atoms with Crippen molar-refractivity contribution in [2.75, 3.05) is 12.0 Å². The Morgan fingerprint density at radius 3 is 3.33 bits per heavy atom. The molecule has 2 nitrogen and oxygen atoms in total. The molecule has 3 heteroatoms. The Morgan fingerprint density at radius 1 is 1.67 bits per heavy atom. The van der Waals surface area contributed by atoms with E-state index >= 15 is 0 Å². The van der Waals surface area contributed by atoms with Crippen LogP contribution in [0.3, 0.4) is 0 Å². The fourth-order valence-electron chi connectivity index (χ4n) is 2.17. The molecule has 80 valence electrons. The molecule has 1 heterocycles. The first-order chi connectivity index (χ1) is 7.33. The van der Waals surface area contributed by atoms with Crippen LogP contribution in [-0.2, 0) is 11.2 Å². The van der Waals surface area contributed by atoms with Crippen molar-refractivity contribution < 1.29 is 4.79 Å². The van der Waals surface area contributed by atoms with Crippen LogP contribution in [0.25, 0.3) is 0 Å². The standard InChI is InChI=1S/C12H15NOS/c1-15-8-11(14)10-6-2-4-9-5-3-7-13-12(9)10/h3,5,7,10H,2,4,6,8H2,1H3. The molecule has 0 bridgehead atoms. The molecule has 1 atom stereocenters. The summed E-state index contributed by atoms with van der Waals surface area (Å²) in [6, 6.07) is 4.06. The molecule has 0 saturated heterocycles. The number of thioether (sulfide) groups is 1. The molecule has 1 unspecified atom stereocenters. The van der Waals surface area contributed by atoms with Gasteiger partial charge in [0.15, 0.2) is 5.78 Å². The van der Waals surface area contributed by atoms with Gasteiger partial charge in [0.25, 0.3) is 0 Å². The molecule has 1 aliphatic carbocycles. The van der Waals surface area contributed by atoms with Gasteiger partial charge in [0.05, 0.1) is 17.4 Å². The van der Waals surface area contributed by atoms with E-state index in [0.717, 1.165) is 25.0 Å². The van der Waals surface area contributed by atoms with Crippen LogP contribution in [0.15, 0.2) is 18.3 Å². The maximum Gasteiger partial charge on any atom is 0.151 e. The molecule has 0 aromatic carbocycles. The first kappa shape index (κ1) is 10.7. The second-order valence-corrected chi connectivity index (χ2v) is 4.76. The summed E-state index contributed by atoms with van der Waals surface area (Å²) in [7, 11) is 0. The number of aryl methyl sites for hydroxylation is 1. The number of rotatable bonds is 3. The highest BCUT2D eigenvalue weighted by Crippen LogP contribution is 2.30. The molecule has 2 rings (SSSR count). The lowest BCUT2D eigenvalue weighted by Gasteiger charge is -2.22. The van der Waals surface area contributed by atoms with Crippen molar-refractivity contribution in [3.8, 4) is 0 Å². The number of aromatic nitrogens is 1. The SMILES string of the molecule is CSCC(=O)C1CCCc2cccnc21. The minimum Gasteiger partial charge on any atom is -0.298 e. The molecule has 0 fully saturated rings. The zero-order valence-corrected chi connectivity index (χ0v) is 9.72. The molecule has 1 aromatic rings. The maximum absolute atomic E-state index is 11.9. The number of pyridine rings is 1. The predicted octanol–water partition coefficient (Wildman–Crippen LogP) is 2.43. The molecular formula is C12H15NOS. The molecule has 0 aliphatic heterocycles. The minimum atomic E-state index is 0.0578. The highest BCUT2D eigenvalue weighted by atomic mass is 32.2. The van der Waals surface area contributed by atoms with Gasteiger partial charge in [-0.15, -0.1) is 0 Å². The van der Waals surface area contributed by atoms with Crippen LogP contribution in [0, 0.1) is 0 Å². The fraction of sp³-hybridized carbons (Fsp3) is 0.500. The third-order valence-electron chi connectivity index (χ3n) is 2.87. The lowest BCUT2D eigenvalue weighted by Crippen LogP contribution is -2.21. The quantitative estimate of drug-likeness (QED) is 0.785. The molecule has 0 spiro atoms. The van der Waals surface area contributed by atoms with E-state index in [-0.39, 0.29) is 5.92 Å². The van der Waals surface area contributed by atoms with Gasteiger partial charge in [-0.1, -0.05) is 6.07 Å². The lowest BCUT2D eigenvalue weighted by atomic mass is 9.84. The first-order valence-corrected chi connectivity index (χ1v) is 6.67.